The van der Waals surface area contributed by atoms with Gasteiger partial charge in [-0.3, -0.25) is 9.69 Å². The fraction of sp³-hybridized carbons (Fsp3) is 0.250. The number of hydrogen-bond donors (Lipinski definition) is 1. The highest BCUT2D eigenvalue weighted by Crippen LogP contribution is 2.30. The van der Waals surface area contributed by atoms with E-state index in [-0.39, 0.29) is 19.1 Å². The Hall–Kier alpha value is -3.53. The van der Waals surface area contributed by atoms with E-state index in [0.717, 1.165) is 4.90 Å². The number of rotatable bonds is 6. The lowest BCUT2D eigenvalue weighted by Crippen LogP contribution is -2.41. The molecular formula is C20H19N3O4. The molecule has 1 atom stereocenters. The second-order valence-electron chi connectivity index (χ2n) is 6.20. The van der Waals surface area contributed by atoms with Crippen molar-refractivity contribution < 1.29 is 19.1 Å². The molecule has 7 nitrogen and oxygen atoms in total. The van der Waals surface area contributed by atoms with Crippen molar-refractivity contribution in [1.82, 2.24) is 10.2 Å². The van der Waals surface area contributed by atoms with Crippen LogP contribution in [0.2, 0.25) is 0 Å². The molecule has 0 bridgehead atoms. The fourth-order valence-corrected chi connectivity index (χ4v) is 2.98. The van der Waals surface area contributed by atoms with Gasteiger partial charge in [-0.1, -0.05) is 24.3 Å². The van der Waals surface area contributed by atoms with Crippen LogP contribution in [0.5, 0.6) is 11.5 Å². The Morgan fingerprint density at radius 1 is 1.15 bits per heavy atom. The van der Waals surface area contributed by atoms with E-state index in [0.29, 0.717) is 22.6 Å². The summed E-state index contributed by atoms with van der Waals surface area (Å²) in [5.74, 6) is 0.732. The van der Waals surface area contributed by atoms with Gasteiger partial charge in [0.15, 0.2) is 11.5 Å². The number of carbonyl (C=O) groups excluding carboxylic acids is 2. The Labute approximate surface area is 157 Å². The Morgan fingerprint density at radius 2 is 1.89 bits per heavy atom. The van der Waals surface area contributed by atoms with Crippen LogP contribution < -0.4 is 14.8 Å². The lowest BCUT2D eigenvalue weighted by atomic mass is 9.91. The molecular weight excluding hydrogens is 346 g/mol. The molecule has 1 aliphatic rings. The van der Waals surface area contributed by atoms with Crippen molar-refractivity contribution in [3.63, 3.8) is 0 Å². The van der Waals surface area contributed by atoms with Gasteiger partial charge < -0.3 is 14.8 Å². The molecule has 1 fully saturated rings. The zero-order chi connectivity index (χ0) is 19.4. The molecule has 7 heteroatoms. The standard InChI is InChI=1S/C20H19N3O4/c1-20(15-7-5-6-14(12-15)13-21)18(24)23(19(25)22-20)10-11-27-17-9-4-3-8-16(17)26-2/h3-9,12H,10-11H2,1-2H3,(H,22,25)/t20-/m1/s1. The quantitative estimate of drug-likeness (QED) is 0.794. The molecule has 1 heterocycles. The molecule has 0 radical (unpaired) electrons. The van der Waals surface area contributed by atoms with Crippen LogP contribution in [0.1, 0.15) is 18.1 Å². The van der Waals surface area contributed by atoms with E-state index in [4.69, 9.17) is 14.7 Å². The zero-order valence-corrected chi connectivity index (χ0v) is 15.1. The topological polar surface area (TPSA) is 91.7 Å². The van der Waals surface area contributed by atoms with E-state index in [1.807, 2.05) is 18.2 Å². The molecule has 0 spiro atoms. The summed E-state index contributed by atoms with van der Waals surface area (Å²) in [7, 11) is 1.54. The number of imide groups is 1. The smallest absolute Gasteiger partial charge is 0.325 e. The first kappa shape index (κ1) is 18.3. The van der Waals surface area contributed by atoms with E-state index in [2.05, 4.69) is 5.32 Å². The van der Waals surface area contributed by atoms with E-state index in [9.17, 15) is 9.59 Å². The minimum atomic E-state index is -1.21. The Balaban J connectivity index is 1.71. The second kappa shape index (κ2) is 7.38. The number of amides is 3. The average molecular weight is 365 g/mol. The third-order valence-electron chi connectivity index (χ3n) is 4.49. The Morgan fingerprint density at radius 3 is 2.59 bits per heavy atom. The minimum Gasteiger partial charge on any atom is -0.493 e. The lowest BCUT2D eigenvalue weighted by molar-refractivity contribution is -0.131. The maximum atomic E-state index is 12.9. The van der Waals surface area contributed by atoms with Crippen molar-refractivity contribution in [1.29, 1.82) is 5.26 Å². The largest absolute Gasteiger partial charge is 0.493 e. The van der Waals surface area contributed by atoms with Gasteiger partial charge >= 0.3 is 6.03 Å². The number of nitrogens with one attached hydrogen (secondary N) is 1. The van der Waals surface area contributed by atoms with Gasteiger partial charge in [0, 0.05) is 0 Å². The van der Waals surface area contributed by atoms with Gasteiger partial charge in [0.1, 0.15) is 12.1 Å². The maximum Gasteiger partial charge on any atom is 0.325 e. The molecule has 3 rings (SSSR count). The predicted molar refractivity (Wildman–Crippen MR) is 97.2 cm³/mol. The van der Waals surface area contributed by atoms with E-state index >= 15 is 0 Å². The highest BCUT2D eigenvalue weighted by atomic mass is 16.5. The summed E-state index contributed by atoms with van der Waals surface area (Å²) in [6, 6.07) is 15.4. The van der Waals surface area contributed by atoms with Gasteiger partial charge in [0.25, 0.3) is 5.91 Å². The highest BCUT2D eigenvalue weighted by molar-refractivity contribution is 6.07. The summed E-state index contributed by atoms with van der Waals surface area (Å²) in [6.07, 6.45) is 0. The number of carbonyl (C=O) groups is 2. The van der Waals surface area contributed by atoms with Crippen LogP contribution in [-0.2, 0) is 10.3 Å². The molecule has 3 amide bonds. The summed E-state index contributed by atoms with van der Waals surface area (Å²) in [5.41, 5.74) is -0.226. The van der Waals surface area contributed by atoms with Crippen molar-refractivity contribution in [2.24, 2.45) is 0 Å². The number of methoxy groups -OCH3 is 1. The predicted octanol–water partition coefficient (Wildman–Crippen LogP) is 2.41. The van der Waals surface area contributed by atoms with Gasteiger partial charge in [0.2, 0.25) is 0 Å². The van der Waals surface area contributed by atoms with Crippen molar-refractivity contribution in [2.45, 2.75) is 12.5 Å². The van der Waals surface area contributed by atoms with Crippen LogP contribution >= 0.6 is 0 Å². The number of urea groups is 1. The molecule has 0 saturated carbocycles. The molecule has 0 unspecified atom stereocenters. The molecule has 27 heavy (non-hydrogen) atoms. The van der Waals surface area contributed by atoms with Crippen molar-refractivity contribution in [2.75, 3.05) is 20.3 Å². The molecule has 0 aromatic heterocycles. The zero-order valence-electron chi connectivity index (χ0n) is 15.1. The number of ether oxygens (including phenoxy) is 2. The monoisotopic (exact) mass is 365 g/mol. The first-order chi connectivity index (χ1) is 13.0. The number of hydrogen-bond acceptors (Lipinski definition) is 5. The van der Waals surface area contributed by atoms with Gasteiger partial charge in [-0.2, -0.15) is 5.26 Å². The maximum absolute atomic E-state index is 12.9. The summed E-state index contributed by atoms with van der Waals surface area (Å²) < 4.78 is 10.9. The molecule has 1 N–H and O–H groups in total. The van der Waals surface area contributed by atoms with Gasteiger partial charge in [-0.05, 0) is 36.8 Å². The number of nitriles is 1. The Bertz CT molecular complexity index is 921. The molecule has 2 aromatic carbocycles. The molecule has 1 saturated heterocycles. The molecule has 2 aromatic rings. The Kier molecular flexibility index (Phi) is 4.99. The van der Waals surface area contributed by atoms with Crippen LogP contribution in [0, 0.1) is 11.3 Å². The van der Waals surface area contributed by atoms with Crippen molar-refractivity contribution in [3.8, 4) is 17.6 Å². The van der Waals surface area contributed by atoms with Gasteiger partial charge in [0.05, 0.1) is 25.3 Å². The number of para-hydroxylation sites is 2. The van der Waals surface area contributed by atoms with Crippen molar-refractivity contribution in [3.05, 3.63) is 59.7 Å². The first-order valence-corrected chi connectivity index (χ1v) is 8.40. The fourth-order valence-electron chi connectivity index (χ4n) is 2.98. The normalized spacial score (nSPS) is 18.8. The molecule has 138 valence electrons. The van der Waals surface area contributed by atoms with Crippen LogP contribution in [0.15, 0.2) is 48.5 Å². The lowest BCUT2D eigenvalue weighted by Gasteiger charge is -2.22. The number of benzene rings is 2. The molecule has 0 aliphatic carbocycles. The molecule has 1 aliphatic heterocycles. The average Bonchev–Trinajstić information content (AvgIpc) is 2.92. The second-order valence-corrected chi connectivity index (χ2v) is 6.20. The van der Waals surface area contributed by atoms with Crippen LogP contribution in [0.3, 0.4) is 0 Å². The highest BCUT2D eigenvalue weighted by Gasteiger charge is 2.48. The first-order valence-electron chi connectivity index (χ1n) is 8.40. The van der Waals surface area contributed by atoms with Gasteiger partial charge in [-0.25, -0.2) is 4.79 Å². The van der Waals surface area contributed by atoms with Crippen LogP contribution in [0.25, 0.3) is 0 Å². The van der Waals surface area contributed by atoms with Crippen LogP contribution in [-0.4, -0.2) is 37.1 Å². The summed E-state index contributed by atoms with van der Waals surface area (Å²) in [5, 5.41) is 11.8. The summed E-state index contributed by atoms with van der Waals surface area (Å²) >= 11 is 0. The van der Waals surface area contributed by atoms with Crippen LogP contribution in [0.4, 0.5) is 4.79 Å². The van der Waals surface area contributed by atoms with E-state index < -0.39 is 11.6 Å². The third kappa shape index (κ3) is 3.42. The summed E-state index contributed by atoms with van der Waals surface area (Å²) in [4.78, 5) is 26.3. The van der Waals surface area contributed by atoms with Gasteiger partial charge in [-0.15, -0.1) is 0 Å². The van der Waals surface area contributed by atoms with Crippen molar-refractivity contribution >= 4 is 11.9 Å². The summed E-state index contributed by atoms with van der Waals surface area (Å²) in [6.45, 7) is 1.86. The third-order valence-corrected chi connectivity index (χ3v) is 4.49. The minimum absolute atomic E-state index is 0.0935. The van der Waals surface area contributed by atoms with E-state index in [1.54, 1.807) is 50.4 Å². The van der Waals surface area contributed by atoms with E-state index in [1.165, 1.54) is 0 Å². The SMILES string of the molecule is COc1ccccc1OCCN1C(=O)N[C@](C)(c2cccc(C#N)c2)C1=O. The number of nitrogens with zero attached hydrogens (tertiary/aromatic N) is 2.